The minimum absolute atomic E-state index is 0.497. The third-order valence-corrected chi connectivity index (χ3v) is 2.23. The summed E-state index contributed by atoms with van der Waals surface area (Å²) in [6.45, 7) is -0.497. The topological polar surface area (TPSA) is 12.9 Å². The number of halogens is 1. The molecule has 1 nitrogen and oxygen atoms in total. The maximum atomic E-state index is 12.4. The Bertz CT molecular complexity index is 426. The maximum absolute atomic E-state index is 12.4. The molecule has 0 saturated carbocycles. The molecule has 0 aliphatic carbocycles. The number of benzene rings is 1. The fourth-order valence-corrected chi connectivity index (χ4v) is 1.51. The lowest BCUT2D eigenvalue weighted by Gasteiger charge is -2.02. The zero-order chi connectivity index (χ0) is 10.5. The Morgan fingerprint density at radius 3 is 2.33 bits per heavy atom. The molecule has 0 aliphatic heterocycles. The van der Waals surface area contributed by atoms with Crippen molar-refractivity contribution < 1.29 is 4.39 Å². The first kappa shape index (κ1) is 9.84. The fraction of sp³-hybridized carbons (Fsp3) is 0.154. The van der Waals surface area contributed by atoms with Crippen LogP contribution in [-0.2, 0) is 13.1 Å². The van der Waals surface area contributed by atoms with Crippen molar-refractivity contribution in [3.8, 4) is 0 Å². The first-order chi connectivity index (χ1) is 7.38. The van der Waals surface area contributed by atoms with Crippen LogP contribution < -0.4 is 0 Å². The molecule has 1 heterocycles. The van der Waals surface area contributed by atoms with Gasteiger partial charge >= 0.3 is 0 Å². The molecular weight excluding hydrogens is 189 g/mol. The lowest BCUT2D eigenvalue weighted by molar-refractivity contribution is 0.475. The minimum Gasteiger partial charge on any atom is -0.255 e. The van der Waals surface area contributed by atoms with Crippen LogP contribution in [0.4, 0.5) is 4.39 Å². The number of pyridine rings is 1. The normalized spacial score (nSPS) is 10.2. The van der Waals surface area contributed by atoms with Gasteiger partial charge in [-0.15, -0.1) is 0 Å². The molecule has 0 fully saturated rings. The van der Waals surface area contributed by atoms with Gasteiger partial charge in [0.1, 0.15) is 6.67 Å². The van der Waals surface area contributed by atoms with Crippen LogP contribution in [0.2, 0.25) is 0 Å². The van der Waals surface area contributed by atoms with E-state index in [0.29, 0.717) is 5.69 Å². The van der Waals surface area contributed by atoms with Gasteiger partial charge in [-0.05, 0) is 17.7 Å². The highest BCUT2D eigenvalue weighted by Crippen LogP contribution is 2.08. The molecule has 0 radical (unpaired) electrons. The first-order valence-corrected chi connectivity index (χ1v) is 4.93. The van der Waals surface area contributed by atoms with Gasteiger partial charge in [0.15, 0.2) is 0 Å². The molecule has 0 N–H and O–H groups in total. The van der Waals surface area contributed by atoms with E-state index in [1.807, 2.05) is 42.5 Å². The van der Waals surface area contributed by atoms with E-state index in [-0.39, 0.29) is 0 Å². The van der Waals surface area contributed by atoms with E-state index >= 15 is 0 Å². The highest BCUT2D eigenvalue weighted by atomic mass is 19.1. The van der Waals surface area contributed by atoms with E-state index in [1.165, 1.54) is 5.56 Å². The summed E-state index contributed by atoms with van der Waals surface area (Å²) in [6.07, 6.45) is 0.759. The van der Waals surface area contributed by atoms with Crippen LogP contribution in [0, 0.1) is 0 Å². The molecule has 0 saturated heterocycles. The van der Waals surface area contributed by atoms with Crippen LogP contribution in [-0.4, -0.2) is 4.98 Å². The molecule has 0 bridgehead atoms. The second kappa shape index (κ2) is 4.69. The molecule has 1 aromatic heterocycles. The summed E-state index contributed by atoms with van der Waals surface area (Å²) in [4.78, 5) is 4.21. The van der Waals surface area contributed by atoms with E-state index in [9.17, 15) is 4.39 Å². The van der Waals surface area contributed by atoms with E-state index in [4.69, 9.17) is 0 Å². The van der Waals surface area contributed by atoms with Gasteiger partial charge in [-0.1, -0.05) is 36.4 Å². The van der Waals surface area contributed by atoms with Gasteiger partial charge in [0.05, 0.1) is 5.69 Å². The monoisotopic (exact) mass is 201 g/mol. The number of nitrogens with zero attached hydrogens (tertiary/aromatic N) is 1. The van der Waals surface area contributed by atoms with Crippen LogP contribution in [0.15, 0.2) is 48.5 Å². The number of hydrogen-bond donors (Lipinski definition) is 0. The van der Waals surface area contributed by atoms with Crippen molar-refractivity contribution in [2.75, 3.05) is 0 Å². The lowest BCUT2D eigenvalue weighted by Crippen LogP contribution is -1.94. The van der Waals surface area contributed by atoms with Crippen molar-refractivity contribution in [3.63, 3.8) is 0 Å². The van der Waals surface area contributed by atoms with Crippen molar-refractivity contribution in [1.29, 1.82) is 0 Å². The molecular formula is C13H12FN. The zero-order valence-electron chi connectivity index (χ0n) is 8.36. The van der Waals surface area contributed by atoms with Crippen LogP contribution in [0.25, 0.3) is 0 Å². The second-order valence-corrected chi connectivity index (χ2v) is 3.42. The summed E-state index contributed by atoms with van der Waals surface area (Å²) in [7, 11) is 0. The van der Waals surface area contributed by atoms with Crippen LogP contribution in [0.1, 0.15) is 17.0 Å². The van der Waals surface area contributed by atoms with Crippen molar-refractivity contribution in [2.45, 2.75) is 13.1 Å². The van der Waals surface area contributed by atoms with E-state index in [0.717, 1.165) is 12.1 Å². The summed E-state index contributed by atoms with van der Waals surface area (Å²) < 4.78 is 12.4. The molecule has 0 spiro atoms. The Balaban J connectivity index is 2.17. The van der Waals surface area contributed by atoms with Crippen molar-refractivity contribution in [2.24, 2.45) is 0 Å². The number of rotatable bonds is 3. The summed E-state index contributed by atoms with van der Waals surface area (Å²) in [5.41, 5.74) is 2.61. The Labute approximate surface area is 88.6 Å². The van der Waals surface area contributed by atoms with Crippen LogP contribution >= 0.6 is 0 Å². The molecule has 76 valence electrons. The summed E-state index contributed by atoms with van der Waals surface area (Å²) >= 11 is 0. The molecule has 2 rings (SSSR count). The van der Waals surface area contributed by atoms with E-state index in [2.05, 4.69) is 4.98 Å². The van der Waals surface area contributed by atoms with Gasteiger partial charge in [-0.25, -0.2) is 4.39 Å². The van der Waals surface area contributed by atoms with E-state index < -0.39 is 6.67 Å². The smallest absolute Gasteiger partial charge is 0.131 e. The standard InChI is InChI=1S/C13H12FN/c14-10-13-8-4-7-12(15-13)9-11-5-2-1-3-6-11/h1-8H,9-10H2. The molecule has 2 heteroatoms. The van der Waals surface area contributed by atoms with Gasteiger partial charge < -0.3 is 0 Å². The summed E-state index contributed by atoms with van der Waals surface area (Å²) in [5, 5.41) is 0. The lowest BCUT2D eigenvalue weighted by atomic mass is 10.1. The molecule has 1 aromatic carbocycles. The zero-order valence-corrected chi connectivity index (χ0v) is 8.36. The molecule has 0 unspecified atom stereocenters. The highest BCUT2D eigenvalue weighted by Gasteiger charge is 1.98. The van der Waals surface area contributed by atoms with Gasteiger partial charge in [0.2, 0.25) is 0 Å². The van der Waals surface area contributed by atoms with Crippen molar-refractivity contribution >= 4 is 0 Å². The number of alkyl halides is 1. The average Bonchev–Trinajstić information content (AvgIpc) is 2.31. The minimum atomic E-state index is -0.497. The Kier molecular flexibility index (Phi) is 3.08. The highest BCUT2D eigenvalue weighted by molar-refractivity contribution is 5.22. The Morgan fingerprint density at radius 1 is 0.867 bits per heavy atom. The SMILES string of the molecule is FCc1cccc(Cc2ccccc2)n1. The summed E-state index contributed by atoms with van der Waals surface area (Å²) in [5.74, 6) is 0. The predicted molar refractivity (Wildman–Crippen MR) is 58.3 cm³/mol. The summed E-state index contributed by atoms with van der Waals surface area (Å²) in [6, 6.07) is 15.5. The molecule has 0 atom stereocenters. The number of aromatic nitrogens is 1. The first-order valence-electron chi connectivity index (χ1n) is 4.93. The number of hydrogen-bond acceptors (Lipinski definition) is 1. The Hall–Kier alpha value is -1.70. The van der Waals surface area contributed by atoms with Crippen LogP contribution in [0.5, 0.6) is 0 Å². The molecule has 15 heavy (non-hydrogen) atoms. The van der Waals surface area contributed by atoms with Gasteiger partial charge in [0.25, 0.3) is 0 Å². The maximum Gasteiger partial charge on any atom is 0.131 e. The quantitative estimate of drug-likeness (QED) is 0.743. The van der Waals surface area contributed by atoms with Crippen molar-refractivity contribution in [1.82, 2.24) is 4.98 Å². The van der Waals surface area contributed by atoms with Crippen LogP contribution in [0.3, 0.4) is 0 Å². The van der Waals surface area contributed by atoms with Gasteiger partial charge in [0, 0.05) is 12.1 Å². The third-order valence-electron chi connectivity index (χ3n) is 2.23. The molecule has 2 aromatic rings. The Morgan fingerprint density at radius 2 is 1.60 bits per heavy atom. The largest absolute Gasteiger partial charge is 0.255 e. The molecule has 0 aliphatic rings. The predicted octanol–water partition coefficient (Wildman–Crippen LogP) is 3.14. The van der Waals surface area contributed by atoms with Gasteiger partial charge in [-0.3, -0.25) is 4.98 Å². The van der Waals surface area contributed by atoms with E-state index in [1.54, 1.807) is 6.07 Å². The average molecular weight is 201 g/mol. The third kappa shape index (κ3) is 2.62. The molecule has 0 amide bonds. The van der Waals surface area contributed by atoms with Crippen molar-refractivity contribution in [3.05, 3.63) is 65.5 Å². The fourth-order valence-electron chi connectivity index (χ4n) is 1.51. The van der Waals surface area contributed by atoms with Gasteiger partial charge in [-0.2, -0.15) is 0 Å². The second-order valence-electron chi connectivity index (χ2n) is 3.42.